The van der Waals surface area contributed by atoms with Gasteiger partial charge in [0.1, 0.15) is 0 Å². The van der Waals surface area contributed by atoms with E-state index in [1.54, 1.807) is 0 Å². The fraction of sp³-hybridized carbons (Fsp3) is 0.600. The fourth-order valence-electron chi connectivity index (χ4n) is 1.42. The molecule has 0 fully saturated rings. The molecule has 0 bridgehead atoms. The quantitative estimate of drug-likeness (QED) is 0.491. The lowest BCUT2D eigenvalue weighted by Crippen LogP contribution is -2.42. The molecule has 1 atom stereocenters. The first-order chi connectivity index (χ1) is 7.59. The minimum absolute atomic E-state index is 0.00562. The molecule has 6 nitrogen and oxygen atoms in total. The van der Waals surface area contributed by atoms with Crippen molar-refractivity contribution < 1.29 is 19.8 Å². The van der Waals surface area contributed by atoms with Gasteiger partial charge in [0, 0.05) is 19.0 Å². The Labute approximate surface area is 93.3 Å². The number of aliphatic hydroxyl groups excluding tert-OH is 1. The summed E-state index contributed by atoms with van der Waals surface area (Å²) >= 11 is 0. The maximum absolute atomic E-state index is 11.3. The number of carbonyl (C=O) groups excluding carboxylic acids is 1. The number of aliphatic carboxylic acids is 1. The molecule has 0 aromatic heterocycles. The van der Waals surface area contributed by atoms with Crippen molar-refractivity contribution >= 4 is 12.0 Å². The number of rotatable bonds is 5. The van der Waals surface area contributed by atoms with Gasteiger partial charge in [0.25, 0.3) is 0 Å². The fourth-order valence-corrected chi connectivity index (χ4v) is 1.42. The number of amides is 2. The van der Waals surface area contributed by atoms with Crippen LogP contribution < -0.4 is 10.6 Å². The van der Waals surface area contributed by atoms with Crippen LogP contribution in [0.4, 0.5) is 4.79 Å². The lowest BCUT2D eigenvalue weighted by Gasteiger charge is -2.13. The molecular formula is C10H16N2O4. The van der Waals surface area contributed by atoms with Crippen LogP contribution in [0.15, 0.2) is 12.2 Å². The molecular weight excluding hydrogens is 212 g/mol. The van der Waals surface area contributed by atoms with E-state index in [-0.39, 0.29) is 25.0 Å². The summed E-state index contributed by atoms with van der Waals surface area (Å²) in [5.74, 6) is -1.28. The molecule has 1 aliphatic rings. The minimum atomic E-state index is -1.42. The lowest BCUT2D eigenvalue weighted by atomic mass is 10.2. The third-order valence-corrected chi connectivity index (χ3v) is 2.33. The maximum atomic E-state index is 11.3. The van der Waals surface area contributed by atoms with Gasteiger partial charge in [0.2, 0.25) is 0 Å². The zero-order valence-electron chi connectivity index (χ0n) is 8.85. The molecule has 4 N–H and O–H groups in total. The standard InChI is InChI=1S/C10H16N2O4/c13-8(9(14)15)5-6-11-10(16)12-7-3-1-2-4-7/h1-2,7-8,13H,3-6H2,(H,14,15)(H2,11,12,16)/t8-/m0/s1. The summed E-state index contributed by atoms with van der Waals surface area (Å²) in [5.41, 5.74) is 0. The van der Waals surface area contributed by atoms with E-state index in [1.807, 2.05) is 12.2 Å². The van der Waals surface area contributed by atoms with Crippen molar-refractivity contribution in [2.45, 2.75) is 31.4 Å². The Morgan fingerprint density at radius 2 is 2.00 bits per heavy atom. The average Bonchev–Trinajstić information content (AvgIpc) is 2.70. The summed E-state index contributed by atoms with van der Waals surface area (Å²) < 4.78 is 0. The van der Waals surface area contributed by atoms with Crippen molar-refractivity contribution in [2.24, 2.45) is 0 Å². The van der Waals surface area contributed by atoms with Crippen molar-refractivity contribution in [3.8, 4) is 0 Å². The highest BCUT2D eigenvalue weighted by Crippen LogP contribution is 2.08. The molecule has 0 aliphatic heterocycles. The molecule has 1 rings (SSSR count). The largest absolute Gasteiger partial charge is 0.479 e. The number of urea groups is 1. The Morgan fingerprint density at radius 1 is 1.38 bits per heavy atom. The molecule has 0 radical (unpaired) electrons. The molecule has 2 amide bonds. The molecule has 0 unspecified atom stereocenters. The summed E-state index contributed by atoms with van der Waals surface area (Å²) in [4.78, 5) is 21.5. The van der Waals surface area contributed by atoms with E-state index in [1.165, 1.54) is 0 Å². The zero-order valence-corrected chi connectivity index (χ0v) is 8.85. The normalized spacial score (nSPS) is 17.1. The highest BCUT2D eigenvalue weighted by molar-refractivity contribution is 5.74. The van der Waals surface area contributed by atoms with E-state index in [4.69, 9.17) is 10.2 Å². The molecule has 0 saturated heterocycles. The second kappa shape index (κ2) is 6.12. The van der Waals surface area contributed by atoms with Gasteiger partial charge >= 0.3 is 12.0 Å². The van der Waals surface area contributed by atoms with Crippen molar-refractivity contribution in [1.29, 1.82) is 0 Å². The van der Waals surface area contributed by atoms with Crippen molar-refractivity contribution in [3.63, 3.8) is 0 Å². The highest BCUT2D eigenvalue weighted by Gasteiger charge is 2.15. The van der Waals surface area contributed by atoms with E-state index in [0.29, 0.717) is 0 Å². The number of hydrogen-bond acceptors (Lipinski definition) is 3. The molecule has 6 heteroatoms. The maximum Gasteiger partial charge on any atom is 0.332 e. The van der Waals surface area contributed by atoms with Crippen LogP contribution in [0.25, 0.3) is 0 Å². The van der Waals surface area contributed by atoms with E-state index in [9.17, 15) is 9.59 Å². The summed E-state index contributed by atoms with van der Waals surface area (Å²) in [7, 11) is 0. The van der Waals surface area contributed by atoms with Gasteiger partial charge in [-0.05, 0) is 12.8 Å². The number of nitrogens with one attached hydrogen (secondary N) is 2. The van der Waals surface area contributed by atoms with Crippen LogP contribution >= 0.6 is 0 Å². The second-order valence-corrected chi connectivity index (χ2v) is 3.68. The minimum Gasteiger partial charge on any atom is -0.479 e. The van der Waals surface area contributed by atoms with Crippen LogP contribution in [-0.2, 0) is 4.79 Å². The highest BCUT2D eigenvalue weighted by atomic mass is 16.4. The molecule has 0 aromatic carbocycles. The summed E-state index contributed by atoms with van der Waals surface area (Å²) in [6, 6.07) is -0.198. The van der Waals surface area contributed by atoms with Crippen LogP contribution in [-0.4, -0.2) is 40.9 Å². The molecule has 0 saturated carbocycles. The van der Waals surface area contributed by atoms with Gasteiger partial charge in [-0.25, -0.2) is 9.59 Å². The first kappa shape index (κ1) is 12.5. The van der Waals surface area contributed by atoms with E-state index < -0.39 is 12.1 Å². The van der Waals surface area contributed by atoms with Gasteiger partial charge in [-0.1, -0.05) is 12.2 Å². The molecule has 0 spiro atoms. The monoisotopic (exact) mass is 228 g/mol. The molecule has 0 heterocycles. The van der Waals surface area contributed by atoms with Gasteiger partial charge in [-0.2, -0.15) is 0 Å². The molecule has 0 aromatic rings. The van der Waals surface area contributed by atoms with Crippen LogP contribution in [0.2, 0.25) is 0 Å². The third-order valence-electron chi connectivity index (χ3n) is 2.33. The SMILES string of the molecule is O=C(NCC[C@H](O)C(=O)O)NC1CC=CC1. The number of carboxylic acid groups (broad SMARTS) is 1. The molecule has 1 aliphatic carbocycles. The van der Waals surface area contributed by atoms with Gasteiger partial charge in [0.15, 0.2) is 6.10 Å². The van der Waals surface area contributed by atoms with Crippen LogP contribution in [0, 0.1) is 0 Å². The molecule has 90 valence electrons. The van der Waals surface area contributed by atoms with Crippen LogP contribution in [0.1, 0.15) is 19.3 Å². The van der Waals surface area contributed by atoms with E-state index in [2.05, 4.69) is 10.6 Å². The number of aliphatic hydroxyl groups is 1. The average molecular weight is 228 g/mol. The predicted molar refractivity (Wildman–Crippen MR) is 57.0 cm³/mol. The summed E-state index contributed by atoms with van der Waals surface area (Å²) in [5, 5.41) is 22.6. The van der Waals surface area contributed by atoms with Crippen molar-refractivity contribution in [3.05, 3.63) is 12.2 Å². The number of carbonyl (C=O) groups is 2. The Balaban J connectivity index is 2.08. The Hall–Kier alpha value is -1.56. The van der Waals surface area contributed by atoms with E-state index >= 15 is 0 Å². The van der Waals surface area contributed by atoms with Gasteiger partial charge < -0.3 is 20.8 Å². The first-order valence-electron chi connectivity index (χ1n) is 5.20. The van der Waals surface area contributed by atoms with Crippen LogP contribution in [0.5, 0.6) is 0 Å². The number of hydrogen-bond donors (Lipinski definition) is 4. The van der Waals surface area contributed by atoms with Gasteiger partial charge in [-0.3, -0.25) is 0 Å². The van der Waals surface area contributed by atoms with E-state index in [0.717, 1.165) is 12.8 Å². The topological polar surface area (TPSA) is 98.7 Å². The lowest BCUT2D eigenvalue weighted by molar-refractivity contribution is -0.146. The van der Waals surface area contributed by atoms with Crippen molar-refractivity contribution in [2.75, 3.05) is 6.54 Å². The Kier molecular flexibility index (Phi) is 4.78. The zero-order chi connectivity index (χ0) is 12.0. The molecule has 16 heavy (non-hydrogen) atoms. The van der Waals surface area contributed by atoms with Gasteiger partial charge in [-0.15, -0.1) is 0 Å². The van der Waals surface area contributed by atoms with Crippen molar-refractivity contribution in [1.82, 2.24) is 10.6 Å². The predicted octanol–water partition coefficient (Wildman–Crippen LogP) is -0.160. The summed E-state index contributed by atoms with van der Waals surface area (Å²) in [6.45, 7) is 0.138. The van der Waals surface area contributed by atoms with Gasteiger partial charge in [0.05, 0.1) is 0 Å². The Morgan fingerprint density at radius 3 is 2.56 bits per heavy atom. The van der Waals surface area contributed by atoms with Crippen LogP contribution in [0.3, 0.4) is 0 Å². The summed E-state index contributed by atoms with van der Waals surface area (Å²) in [6.07, 6.45) is 4.23. The number of carboxylic acids is 1. The third kappa shape index (κ3) is 4.31. The smallest absolute Gasteiger partial charge is 0.332 e. The second-order valence-electron chi connectivity index (χ2n) is 3.68. The first-order valence-corrected chi connectivity index (χ1v) is 5.20. The Bertz CT molecular complexity index is 283.